The van der Waals surface area contributed by atoms with Gasteiger partial charge in [0.1, 0.15) is 0 Å². The van der Waals surface area contributed by atoms with Crippen molar-refractivity contribution in [3.8, 4) is 0 Å². The predicted molar refractivity (Wildman–Crippen MR) is 34.5 cm³/mol. The third-order valence-electron chi connectivity index (χ3n) is 1.64. The molecule has 8 heavy (non-hydrogen) atoms. The fourth-order valence-corrected chi connectivity index (χ4v) is 0.144. The first kappa shape index (κ1) is 7.92. The quantitative estimate of drug-likeness (QED) is 0.548. The summed E-state index contributed by atoms with van der Waals surface area (Å²) in [4.78, 5) is 0. The summed E-state index contributed by atoms with van der Waals surface area (Å²) in [6, 6.07) is 0.0625. The molecule has 50 valence electrons. The number of rotatable bonds is 2. The lowest BCUT2D eigenvalue weighted by Gasteiger charge is -2.25. The highest BCUT2D eigenvalue weighted by Crippen LogP contribution is 2.16. The van der Waals surface area contributed by atoms with E-state index in [0.29, 0.717) is 0 Å². The Morgan fingerprint density at radius 2 is 2.00 bits per heavy atom. The van der Waals surface area contributed by atoms with Crippen LogP contribution in [0.4, 0.5) is 0 Å². The van der Waals surface area contributed by atoms with Crippen molar-refractivity contribution in [3.05, 3.63) is 0 Å². The van der Waals surface area contributed by atoms with Gasteiger partial charge in [0.25, 0.3) is 0 Å². The van der Waals surface area contributed by atoms with Crippen LogP contribution in [0.3, 0.4) is 0 Å². The van der Waals surface area contributed by atoms with Crippen LogP contribution in [0.25, 0.3) is 0 Å². The minimum absolute atomic E-state index is 0.0625. The van der Waals surface area contributed by atoms with Crippen molar-refractivity contribution in [1.29, 1.82) is 0 Å². The van der Waals surface area contributed by atoms with Gasteiger partial charge >= 0.3 is 0 Å². The standard InChI is InChI=1S/C6H15NO/c1-5(7)6(2,3)4-8/h5,8H,4,7H2,1-3H3. The maximum absolute atomic E-state index is 8.68. The fourth-order valence-electron chi connectivity index (χ4n) is 0.144. The average Bonchev–Trinajstić information content (AvgIpc) is 1.67. The average molecular weight is 117 g/mol. The molecule has 0 aliphatic carbocycles. The lowest BCUT2D eigenvalue weighted by molar-refractivity contribution is 0.138. The van der Waals surface area contributed by atoms with Gasteiger partial charge in [-0.15, -0.1) is 0 Å². The molecule has 1 unspecified atom stereocenters. The van der Waals surface area contributed by atoms with Gasteiger partial charge in [-0.3, -0.25) is 0 Å². The molecule has 0 aliphatic rings. The molecule has 2 heteroatoms. The first-order valence-electron chi connectivity index (χ1n) is 2.87. The van der Waals surface area contributed by atoms with Crippen molar-refractivity contribution in [1.82, 2.24) is 0 Å². The molecule has 0 amide bonds. The van der Waals surface area contributed by atoms with E-state index in [2.05, 4.69) is 0 Å². The number of hydrogen-bond donors (Lipinski definition) is 2. The lowest BCUT2D eigenvalue weighted by atomic mass is 9.87. The summed E-state index contributed by atoms with van der Waals surface area (Å²) in [6.45, 7) is 5.94. The van der Waals surface area contributed by atoms with E-state index in [9.17, 15) is 0 Å². The molecule has 0 radical (unpaired) electrons. The molecule has 0 aromatic heterocycles. The number of hydrogen-bond acceptors (Lipinski definition) is 2. The third kappa shape index (κ3) is 1.80. The van der Waals surface area contributed by atoms with E-state index >= 15 is 0 Å². The Morgan fingerprint density at radius 3 is 2.00 bits per heavy atom. The van der Waals surface area contributed by atoms with Crippen molar-refractivity contribution in [2.45, 2.75) is 26.8 Å². The van der Waals surface area contributed by atoms with E-state index < -0.39 is 0 Å². The summed E-state index contributed by atoms with van der Waals surface area (Å²) < 4.78 is 0. The largest absolute Gasteiger partial charge is 0.396 e. The van der Waals surface area contributed by atoms with Crippen molar-refractivity contribution in [2.24, 2.45) is 11.1 Å². The minimum atomic E-state index is -0.125. The zero-order valence-corrected chi connectivity index (χ0v) is 5.81. The van der Waals surface area contributed by atoms with Gasteiger partial charge in [0.05, 0.1) is 0 Å². The molecule has 0 spiro atoms. The summed E-state index contributed by atoms with van der Waals surface area (Å²) in [5.74, 6) is 0. The van der Waals surface area contributed by atoms with Crippen molar-refractivity contribution in [3.63, 3.8) is 0 Å². The van der Waals surface area contributed by atoms with Gasteiger partial charge < -0.3 is 10.8 Å². The molecule has 0 saturated carbocycles. The summed E-state index contributed by atoms with van der Waals surface area (Å²) in [6.07, 6.45) is 0. The van der Waals surface area contributed by atoms with Crippen LogP contribution >= 0.6 is 0 Å². The Hall–Kier alpha value is -0.0800. The normalized spacial score (nSPS) is 16.1. The van der Waals surface area contributed by atoms with E-state index in [1.54, 1.807) is 0 Å². The highest BCUT2D eigenvalue weighted by molar-refractivity contribution is 4.75. The molecule has 1 atom stereocenters. The molecule has 3 N–H and O–H groups in total. The smallest absolute Gasteiger partial charge is 0.0496 e. The molecule has 0 rings (SSSR count). The van der Waals surface area contributed by atoms with E-state index in [4.69, 9.17) is 10.8 Å². The molecule has 2 nitrogen and oxygen atoms in total. The molecule has 0 fully saturated rings. The lowest BCUT2D eigenvalue weighted by Crippen LogP contribution is -2.37. The molecular weight excluding hydrogens is 102 g/mol. The number of nitrogens with two attached hydrogens (primary N) is 1. The first-order valence-corrected chi connectivity index (χ1v) is 2.87. The minimum Gasteiger partial charge on any atom is -0.396 e. The maximum Gasteiger partial charge on any atom is 0.0496 e. The van der Waals surface area contributed by atoms with E-state index in [1.165, 1.54) is 0 Å². The van der Waals surface area contributed by atoms with Crippen LogP contribution in [0.1, 0.15) is 20.8 Å². The van der Waals surface area contributed by atoms with Gasteiger partial charge in [0.15, 0.2) is 0 Å². The predicted octanol–water partition coefficient (Wildman–Crippen LogP) is 0.352. The topological polar surface area (TPSA) is 46.2 Å². The summed E-state index contributed by atoms with van der Waals surface area (Å²) in [5, 5.41) is 8.68. The fraction of sp³-hybridized carbons (Fsp3) is 1.00. The van der Waals surface area contributed by atoms with E-state index in [-0.39, 0.29) is 18.1 Å². The molecule has 0 saturated heterocycles. The SMILES string of the molecule is CC(N)C(C)(C)CO. The number of aliphatic hydroxyl groups is 1. The van der Waals surface area contributed by atoms with Gasteiger partial charge in [-0.1, -0.05) is 13.8 Å². The Balaban J connectivity index is 3.71. The van der Waals surface area contributed by atoms with Gasteiger partial charge in [-0.2, -0.15) is 0 Å². The maximum atomic E-state index is 8.68. The van der Waals surface area contributed by atoms with Crippen LogP contribution in [0.2, 0.25) is 0 Å². The molecule has 0 bridgehead atoms. The first-order chi connectivity index (χ1) is 3.50. The second kappa shape index (κ2) is 2.46. The van der Waals surface area contributed by atoms with Crippen molar-refractivity contribution >= 4 is 0 Å². The second-order valence-electron chi connectivity index (χ2n) is 2.94. The van der Waals surface area contributed by atoms with E-state index in [0.717, 1.165) is 0 Å². The highest BCUT2D eigenvalue weighted by atomic mass is 16.3. The van der Waals surface area contributed by atoms with E-state index in [1.807, 2.05) is 20.8 Å². The van der Waals surface area contributed by atoms with Crippen LogP contribution in [-0.2, 0) is 0 Å². The van der Waals surface area contributed by atoms with Crippen LogP contribution in [-0.4, -0.2) is 17.8 Å². The Labute approximate surface area is 50.7 Å². The second-order valence-corrected chi connectivity index (χ2v) is 2.94. The van der Waals surface area contributed by atoms with Gasteiger partial charge in [0, 0.05) is 18.1 Å². The van der Waals surface area contributed by atoms with Crippen LogP contribution in [0.15, 0.2) is 0 Å². The molecule has 0 aliphatic heterocycles. The Kier molecular flexibility index (Phi) is 2.44. The molecule has 0 aromatic carbocycles. The van der Waals surface area contributed by atoms with Crippen molar-refractivity contribution in [2.75, 3.05) is 6.61 Å². The number of aliphatic hydroxyl groups excluding tert-OH is 1. The van der Waals surface area contributed by atoms with Gasteiger partial charge in [0.2, 0.25) is 0 Å². The Morgan fingerprint density at radius 1 is 1.62 bits per heavy atom. The van der Waals surface area contributed by atoms with Gasteiger partial charge in [-0.25, -0.2) is 0 Å². The molecule has 0 heterocycles. The summed E-state index contributed by atoms with van der Waals surface area (Å²) in [5.41, 5.74) is 5.40. The third-order valence-corrected chi connectivity index (χ3v) is 1.64. The van der Waals surface area contributed by atoms with Crippen LogP contribution in [0, 0.1) is 5.41 Å². The summed E-state index contributed by atoms with van der Waals surface area (Å²) >= 11 is 0. The Bertz CT molecular complexity index is 68.9. The highest BCUT2D eigenvalue weighted by Gasteiger charge is 2.20. The van der Waals surface area contributed by atoms with Crippen molar-refractivity contribution < 1.29 is 5.11 Å². The summed E-state index contributed by atoms with van der Waals surface area (Å²) in [7, 11) is 0. The van der Waals surface area contributed by atoms with Crippen LogP contribution in [0.5, 0.6) is 0 Å². The monoisotopic (exact) mass is 117 g/mol. The zero-order valence-electron chi connectivity index (χ0n) is 5.81. The zero-order chi connectivity index (χ0) is 6.78. The van der Waals surface area contributed by atoms with Crippen LogP contribution < -0.4 is 5.73 Å². The molecular formula is C6H15NO. The molecule has 0 aromatic rings. The van der Waals surface area contributed by atoms with Gasteiger partial charge in [-0.05, 0) is 6.92 Å².